The van der Waals surface area contributed by atoms with Gasteiger partial charge in [-0.2, -0.15) is 0 Å². The van der Waals surface area contributed by atoms with Crippen molar-refractivity contribution < 1.29 is 4.79 Å². The maximum absolute atomic E-state index is 12.5. The Labute approximate surface area is 116 Å². The fraction of sp³-hybridized carbons (Fsp3) is 0.278. The molecule has 0 spiro atoms. The average Bonchev–Trinajstić information content (AvgIpc) is 2.36. The minimum Gasteiger partial charge on any atom is -0.289 e. The monoisotopic (exact) mass is 254 g/mol. The summed E-state index contributed by atoms with van der Waals surface area (Å²) in [7, 11) is 0. The van der Waals surface area contributed by atoms with Crippen LogP contribution in [0.3, 0.4) is 0 Å². The summed E-state index contributed by atoms with van der Waals surface area (Å²) in [6.07, 6.45) is 7.60. The Hall–Kier alpha value is -1.89. The zero-order chi connectivity index (χ0) is 14.4. The number of Topliss-reactive ketones (excluding diaryl/α,β-unsaturated/α-hetero) is 1. The van der Waals surface area contributed by atoms with Crippen LogP contribution in [0.1, 0.15) is 42.3 Å². The van der Waals surface area contributed by atoms with Crippen LogP contribution < -0.4 is 0 Å². The molecule has 0 aromatic heterocycles. The van der Waals surface area contributed by atoms with Crippen molar-refractivity contribution in [1.82, 2.24) is 0 Å². The Bertz CT molecular complexity index is 553. The molecule has 1 rings (SSSR count). The number of hydrogen-bond acceptors (Lipinski definition) is 1. The largest absolute Gasteiger partial charge is 0.289 e. The van der Waals surface area contributed by atoms with Crippen LogP contribution in [0, 0.1) is 13.8 Å². The summed E-state index contributed by atoms with van der Waals surface area (Å²) in [5.74, 6) is 0.0682. The minimum absolute atomic E-state index is 0.0682. The van der Waals surface area contributed by atoms with E-state index in [1.165, 1.54) is 11.1 Å². The molecule has 0 aliphatic heterocycles. The first-order valence-electron chi connectivity index (χ1n) is 6.55. The zero-order valence-electron chi connectivity index (χ0n) is 12.4. The molecule has 0 N–H and O–H groups in total. The van der Waals surface area contributed by atoms with Gasteiger partial charge in [0.25, 0.3) is 0 Å². The van der Waals surface area contributed by atoms with Crippen molar-refractivity contribution >= 4 is 5.78 Å². The normalized spacial score (nSPS) is 11.7. The quantitative estimate of drug-likeness (QED) is 0.422. The van der Waals surface area contributed by atoms with Crippen LogP contribution in [0.15, 0.2) is 53.6 Å². The molecule has 0 fully saturated rings. The number of allylic oxidation sites excluding steroid dienone is 6. The second-order valence-corrected chi connectivity index (χ2v) is 4.99. The summed E-state index contributed by atoms with van der Waals surface area (Å²) in [5.41, 5.74) is 4.99. The number of hydrogen-bond donors (Lipinski definition) is 0. The lowest BCUT2D eigenvalue weighted by molar-refractivity contribution is 0.103. The predicted molar refractivity (Wildman–Crippen MR) is 82.6 cm³/mol. The number of carbonyl (C=O) groups excluding carboxylic acids is 1. The highest BCUT2D eigenvalue weighted by atomic mass is 16.1. The molecule has 19 heavy (non-hydrogen) atoms. The number of rotatable bonds is 4. The summed E-state index contributed by atoms with van der Waals surface area (Å²) in [4.78, 5) is 12.5. The first-order chi connectivity index (χ1) is 8.95. The van der Waals surface area contributed by atoms with Gasteiger partial charge in [0.15, 0.2) is 5.78 Å². The van der Waals surface area contributed by atoms with E-state index in [4.69, 9.17) is 0 Å². The highest BCUT2D eigenvalue weighted by Gasteiger charge is 2.09. The van der Waals surface area contributed by atoms with E-state index >= 15 is 0 Å². The van der Waals surface area contributed by atoms with Crippen LogP contribution >= 0.6 is 0 Å². The molecular weight excluding hydrogens is 232 g/mol. The van der Waals surface area contributed by atoms with Crippen molar-refractivity contribution in [3.63, 3.8) is 0 Å². The number of carbonyl (C=O) groups is 1. The molecule has 0 heterocycles. The third-order valence-electron chi connectivity index (χ3n) is 2.97. The molecule has 0 aliphatic rings. The van der Waals surface area contributed by atoms with Gasteiger partial charge in [-0.25, -0.2) is 0 Å². The molecule has 0 bridgehead atoms. The Kier molecular flexibility index (Phi) is 5.50. The van der Waals surface area contributed by atoms with Crippen LogP contribution in [-0.2, 0) is 0 Å². The van der Waals surface area contributed by atoms with Gasteiger partial charge in [0.1, 0.15) is 0 Å². The van der Waals surface area contributed by atoms with Crippen molar-refractivity contribution in [2.45, 2.75) is 34.6 Å². The number of aryl methyl sites for hydroxylation is 2. The Morgan fingerprint density at radius 2 is 1.74 bits per heavy atom. The fourth-order valence-electron chi connectivity index (χ4n) is 1.69. The van der Waals surface area contributed by atoms with Crippen molar-refractivity contribution in [2.24, 2.45) is 0 Å². The van der Waals surface area contributed by atoms with Gasteiger partial charge in [0.05, 0.1) is 0 Å². The predicted octanol–water partition coefficient (Wildman–Crippen LogP) is 4.95. The van der Waals surface area contributed by atoms with Gasteiger partial charge < -0.3 is 0 Å². The lowest BCUT2D eigenvalue weighted by Crippen LogP contribution is -2.02. The van der Waals surface area contributed by atoms with Gasteiger partial charge >= 0.3 is 0 Å². The Morgan fingerprint density at radius 3 is 2.26 bits per heavy atom. The molecule has 0 aliphatic carbocycles. The molecule has 1 nitrogen and oxygen atoms in total. The Morgan fingerprint density at radius 1 is 1.05 bits per heavy atom. The van der Waals surface area contributed by atoms with E-state index < -0.39 is 0 Å². The van der Waals surface area contributed by atoms with Crippen molar-refractivity contribution in [1.29, 1.82) is 0 Å². The van der Waals surface area contributed by atoms with Gasteiger partial charge in [0, 0.05) is 11.1 Å². The van der Waals surface area contributed by atoms with E-state index in [9.17, 15) is 4.79 Å². The number of benzene rings is 1. The second-order valence-electron chi connectivity index (χ2n) is 4.99. The zero-order valence-corrected chi connectivity index (χ0v) is 12.4. The lowest BCUT2D eigenvalue weighted by atomic mass is 9.98. The molecule has 0 radical (unpaired) electrons. The van der Waals surface area contributed by atoms with E-state index in [0.717, 1.165) is 11.1 Å². The Balaban J connectivity index is 3.16. The van der Waals surface area contributed by atoms with Crippen LogP contribution in [0.4, 0.5) is 0 Å². The smallest absolute Gasteiger partial charge is 0.193 e. The molecule has 1 heteroatoms. The van der Waals surface area contributed by atoms with E-state index in [1.807, 2.05) is 70.2 Å². The summed E-state index contributed by atoms with van der Waals surface area (Å²) >= 11 is 0. The van der Waals surface area contributed by atoms with E-state index in [2.05, 4.69) is 6.92 Å². The van der Waals surface area contributed by atoms with Crippen molar-refractivity contribution in [2.75, 3.05) is 0 Å². The molecule has 0 atom stereocenters. The number of ketones is 1. The molecule has 1 aromatic carbocycles. The molecular formula is C18H22O. The summed E-state index contributed by atoms with van der Waals surface area (Å²) in [6, 6.07) is 5.85. The van der Waals surface area contributed by atoms with E-state index in [1.54, 1.807) is 0 Å². The third kappa shape index (κ3) is 4.36. The maximum Gasteiger partial charge on any atom is 0.193 e. The SMILES string of the molecule is C/C=C/C(=C\C=C(C)C)C(=O)c1ccc(C)c(C)c1. The van der Waals surface area contributed by atoms with Gasteiger partial charge in [-0.1, -0.05) is 42.0 Å². The topological polar surface area (TPSA) is 17.1 Å². The van der Waals surface area contributed by atoms with Crippen molar-refractivity contribution in [3.8, 4) is 0 Å². The van der Waals surface area contributed by atoms with Gasteiger partial charge in [0.2, 0.25) is 0 Å². The first kappa shape index (κ1) is 15.2. The second kappa shape index (κ2) is 6.89. The molecule has 0 saturated heterocycles. The van der Waals surface area contributed by atoms with Crippen LogP contribution in [0.2, 0.25) is 0 Å². The fourth-order valence-corrected chi connectivity index (χ4v) is 1.69. The van der Waals surface area contributed by atoms with Crippen LogP contribution in [-0.4, -0.2) is 5.78 Å². The summed E-state index contributed by atoms with van der Waals surface area (Å²) < 4.78 is 0. The van der Waals surface area contributed by atoms with E-state index in [0.29, 0.717) is 5.57 Å². The highest BCUT2D eigenvalue weighted by molar-refractivity contribution is 6.10. The molecule has 1 aromatic rings. The molecule has 0 amide bonds. The van der Waals surface area contributed by atoms with Crippen molar-refractivity contribution in [3.05, 3.63) is 70.3 Å². The van der Waals surface area contributed by atoms with Crippen LogP contribution in [0.5, 0.6) is 0 Å². The van der Waals surface area contributed by atoms with Gasteiger partial charge in [-0.15, -0.1) is 0 Å². The standard InChI is InChI=1S/C18H22O/c1-6-7-16(10-8-13(2)3)18(19)17-11-9-14(4)15(5)12-17/h6-12H,1-5H3/b7-6+,16-10+. The summed E-state index contributed by atoms with van der Waals surface area (Å²) in [6.45, 7) is 10.0. The van der Waals surface area contributed by atoms with Crippen LogP contribution in [0.25, 0.3) is 0 Å². The van der Waals surface area contributed by atoms with Gasteiger partial charge in [-0.3, -0.25) is 4.79 Å². The molecule has 100 valence electrons. The third-order valence-corrected chi connectivity index (χ3v) is 2.97. The van der Waals surface area contributed by atoms with E-state index in [-0.39, 0.29) is 5.78 Å². The molecule has 0 saturated carbocycles. The maximum atomic E-state index is 12.5. The highest BCUT2D eigenvalue weighted by Crippen LogP contribution is 2.15. The first-order valence-corrected chi connectivity index (χ1v) is 6.55. The summed E-state index contributed by atoms with van der Waals surface area (Å²) in [5, 5.41) is 0. The lowest BCUT2D eigenvalue weighted by Gasteiger charge is -2.05. The average molecular weight is 254 g/mol. The molecule has 0 unspecified atom stereocenters. The van der Waals surface area contributed by atoms with Gasteiger partial charge in [-0.05, 0) is 51.8 Å². The minimum atomic E-state index is 0.0682.